The van der Waals surface area contributed by atoms with Crippen LogP contribution in [0.5, 0.6) is 0 Å². The summed E-state index contributed by atoms with van der Waals surface area (Å²) < 4.78 is 43.0. The van der Waals surface area contributed by atoms with Crippen molar-refractivity contribution in [2.75, 3.05) is 6.54 Å². The number of aryl methyl sites for hydroxylation is 1. The molecular weight excluding hydrogens is 307 g/mol. The quantitative estimate of drug-likeness (QED) is 0.773. The van der Waals surface area contributed by atoms with E-state index in [4.69, 9.17) is 4.42 Å². The maximum absolute atomic E-state index is 12.7. The lowest BCUT2D eigenvalue weighted by Gasteiger charge is -2.21. The monoisotopic (exact) mass is 323 g/mol. The van der Waals surface area contributed by atoms with Crippen molar-refractivity contribution in [3.63, 3.8) is 0 Å². The molecular formula is C17H16F3NO2. The van der Waals surface area contributed by atoms with Crippen molar-refractivity contribution in [3.05, 3.63) is 65.6 Å². The standard InChI is InChI=1S/C17H16F3NO2/c1-13-4-2-5-14(10-13)7-8-16(22)21(12-17(18,19)20)11-15-6-3-9-23-15/h2-10H,11-12H2,1H3/b8-7+. The lowest BCUT2D eigenvalue weighted by molar-refractivity contribution is -0.159. The Morgan fingerprint density at radius 2 is 2.04 bits per heavy atom. The molecule has 0 saturated carbocycles. The van der Waals surface area contributed by atoms with E-state index in [-0.39, 0.29) is 6.54 Å². The van der Waals surface area contributed by atoms with Gasteiger partial charge in [-0.2, -0.15) is 13.2 Å². The number of furan rings is 1. The van der Waals surface area contributed by atoms with E-state index in [1.54, 1.807) is 12.1 Å². The molecule has 2 rings (SSSR count). The summed E-state index contributed by atoms with van der Waals surface area (Å²) in [5.74, 6) is -0.424. The number of alkyl halides is 3. The van der Waals surface area contributed by atoms with E-state index in [2.05, 4.69) is 0 Å². The molecule has 6 heteroatoms. The zero-order valence-electron chi connectivity index (χ0n) is 12.5. The predicted octanol–water partition coefficient (Wildman–Crippen LogP) is 4.19. The normalized spacial score (nSPS) is 11.8. The largest absolute Gasteiger partial charge is 0.467 e. The maximum Gasteiger partial charge on any atom is 0.406 e. The topological polar surface area (TPSA) is 33.5 Å². The van der Waals surface area contributed by atoms with Gasteiger partial charge in [-0.25, -0.2) is 0 Å². The molecule has 1 aromatic heterocycles. The Bertz CT molecular complexity index is 675. The van der Waals surface area contributed by atoms with Crippen LogP contribution < -0.4 is 0 Å². The van der Waals surface area contributed by atoms with E-state index in [0.29, 0.717) is 10.7 Å². The molecule has 0 spiro atoms. The number of nitrogens with zero attached hydrogens (tertiary/aromatic N) is 1. The Kier molecular flexibility index (Phi) is 5.26. The number of rotatable bonds is 5. The summed E-state index contributed by atoms with van der Waals surface area (Å²) in [5.41, 5.74) is 1.76. The Balaban J connectivity index is 2.12. The molecule has 0 N–H and O–H groups in total. The van der Waals surface area contributed by atoms with Gasteiger partial charge in [-0.3, -0.25) is 4.79 Å². The van der Waals surface area contributed by atoms with Crippen molar-refractivity contribution >= 4 is 12.0 Å². The number of amides is 1. The van der Waals surface area contributed by atoms with Crippen LogP contribution in [0.3, 0.4) is 0 Å². The first-order valence-corrected chi connectivity index (χ1v) is 6.96. The van der Waals surface area contributed by atoms with Crippen LogP contribution in [0, 0.1) is 6.92 Å². The third kappa shape index (κ3) is 5.65. The number of halogens is 3. The van der Waals surface area contributed by atoms with E-state index in [1.165, 1.54) is 18.4 Å². The van der Waals surface area contributed by atoms with E-state index in [1.807, 2.05) is 25.1 Å². The molecule has 23 heavy (non-hydrogen) atoms. The molecule has 0 unspecified atom stereocenters. The van der Waals surface area contributed by atoms with Gasteiger partial charge >= 0.3 is 6.18 Å². The molecule has 0 saturated heterocycles. The van der Waals surface area contributed by atoms with Crippen LogP contribution in [0.15, 0.2) is 53.2 Å². The van der Waals surface area contributed by atoms with Gasteiger partial charge in [-0.1, -0.05) is 29.8 Å². The smallest absolute Gasteiger partial charge is 0.406 e. The SMILES string of the molecule is Cc1cccc(/C=C/C(=O)N(Cc2ccco2)CC(F)(F)F)c1. The fraction of sp³-hybridized carbons (Fsp3) is 0.235. The third-order valence-corrected chi connectivity index (χ3v) is 3.07. The minimum absolute atomic E-state index is 0.233. The molecule has 0 bridgehead atoms. The average Bonchev–Trinajstić information content (AvgIpc) is 2.96. The summed E-state index contributed by atoms with van der Waals surface area (Å²) in [4.78, 5) is 12.8. The van der Waals surface area contributed by atoms with E-state index < -0.39 is 18.6 Å². The van der Waals surface area contributed by atoms with Crippen LogP contribution in [-0.2, 0) is 11.3 Å². The molecule has 0 atom stereocenters. The highest BCUT2D eigenvalue weighted by atomic mass is 19.4. The molecule has 122 valence electrons. The third-order valence-electron chi connectivity index (χ3n) is 3.07. The number of hydrogen-bond donors (Lipinski definition) is 0. The number of carbonyl (C=O) groups excluding carboxylic acids is 1. The van der Waals surface area contributed by atoms with Crippen LogP contribution in [0.4, 0.5) is 13.2 Å². The second kappa shape index (κ2) is 7.17. The number of carbonyl (C=O) groups is 1. The van der Waals surface area contributed by atoms with Gasteiger partial charge in [0.2, 0.25) is 5.91 Å². The fourth-order valence-corrected chi connectivity index (χ4v) is 2.07. The zero-order valence-corrected chi connectivity index (χ0v) is 12.5. The molecule has 2 aromatic rings. The van der Waals surface area contributed by atoms with Gasteiger partial charge in [0, 0.05) is 6.08 Å². The average molecular weight is 323 g/mol. The highest BCUT2D eigenvalue weighted by molar-refractivity contribution is 5.91. The van der Waals surface area contributed by atoms with Gasteiger partial charge in [-0.15, -0.1) is 0 Å². The summed E-state index contributed by atoms with van der Waals surface area (Å²) >= 11 is 0. The molecule has 0 radical (unpaired) electrons. The molecule has 0 fully saturated rings. The van der Waals surface area contributed by atoms with E-state index >= 15 is 0 Å². The zero-order chi connectivity index (χ0) is 16.9. The summed E-state index contributed by atoms with van der Waals surface area (Å²) in [6.07, 6.45) is -0.474. The van der Waals surface area contributed by atoms with Gasteiger partial charge in [0.05, 0.1) is 12.8 Å². The van der Waals surface area contributed by atoms with Crippen molar-refractivity contribution in [1.29, 1.82) is 0 Å². The van der Waals surface area contributed by atoms with Crippen LogP contribution in [0.25, 0.3) is 6.08 Å². The first-order chi connectivity index (χ1) is 10.8. The lowest BCUT2D eigenvalue weighted by Crippen LogP contribution is -2.37. The molecule has 0 aliphatic heterocycles. The van der Waals surface area contributed by atoms with Crippen LogP contribution in [-0.4, -0.2) is 23.5 Å². The van der Waals surface area contributed by atoms with E-state index in [0.717, 1.165) is 17.2 Å². The molecule has 0 aliphatic rings. The highest BCUT2D eigenvalue weighted by Crippen LogP contribution is 2.19. The van der Waals surface area contributed by atoms with Gasteiger partial charge < -0.3 is 9.32 Å². The van der Waals surface area contributed by atoms with Crippen LogP contribution in [0.1, 0.15) is 16.9 Å². The van der Waals surface area contributed by atoms with Gasteiger partial charge in [0.15, 0.2) is 0 Å². The second-order valence-corrected chi connectivity index (χ2v) is 5.14. The Morgan fingerprint density at radius 3 is 2.65 bits per heavy atom. The molecule has 3 nitrogen and oxygen atoms in total. The van der Waals surface area contributed by atoms with Crippen molar-refractivity contribution < 1.29 is 22.4 Å². The van der Waals surface area contributed by atoms with Gasteiger partial charge in [-0.05, 0) is 30.7 Å². The summed E-state index contributed by atoms with van der Waals surface area (Å²) in [5, 5.41) is 0. The lowest BCUT2D eigenvalue weighted by atomic mass is 10.1. The highest BCUT2D eigenvalue weighted by Gasteiger charge is 2.32. The summed E-state index contributed by atoms with van der Waals surface area (Å²) in [6.45, 7) is 0.334. The maximum atomic E-state index is 12.7. The van der Waals surface area contributed by atoms with Crippen molar-refractivity contribution in [2.24, 2.45) is 0 Å². The fourth-order valence-electron chi connectivity index (χ4n) is 2.07. The minimum Gasteiger partial charge on any atom is -0.467 e. The molecule has 1 aromatic carbocycles. The Morgan fingerprint density at radius 1 is 1.26 bits per heavy atom. The molecule has 1 heterocycles. The van der Waals surface area contributed by atoms with Crippen LogP contribution >= 0.6 is 0 Å². The van der Waals surface area contributed by atoms with Gasteiger partial charge in [0.25, 0.3) is 0 Å². The van der Waals surface area contributed by atoms with Gasteiger partial charge in [0.1, 0.15) is 12.3 Å². The van der Waals surface area contributed by atoms with Crippen LogP contribution in [0.2, 0.25) is 0 Å². The van der Waals surface area contributed by atoms with Crippen molar-refractivity contribution in [2.45, 2.75) is 19.6 Å². The van der Waals surface area contributed by atoms with Crippen molar-refractivity contribution in [1.82, 2.24) is 4.90 Å². The number of hydrogen-bond acceptors (Lipinski definition) is 2. The summed E-state index contributed by atoms with van der Waals surface area (Å²) in [6, 6.07) is 10.4. The first kappa shape index (κ1) is 16.9. The summed E-state index contributed by atoms with van der Waals surface area (Å²) in [7, 11) is 0. The minimum atomic E-state index is -4.47. The Labute approximate surface area is 132 Å². The predicted molar refractivity (Wildman–Crippen MR) is 80.4 cm³/mol. The number of benzene rings is 1. The molecule has 0 aliphatic carbocycles. The molecule has 1 amide bonds. The van der Waals surface area contributed by atoms with Crippen molar-refractivity contribution in [3.8, 4) is 0 Å². The second-order valence-electron chi connectivity index (χ2n) is 5.14. The first-order valence-electron chi connectivity index (χ1n) is 6.96. The van der Waals surface area contributed by atoms with E-state index in [9.17, 15) is 18.0 Å². The Hall–Kier alpha value is -2.50.